The minimum atomic E-state index is -0.436. The molecular weight excluding hydrogens is 284 g/mol. The van der Waals surface area contributed by atoms with Crippen molar-refractivity contribution < 1.29 is 5.11 Å². The summed E-state index contributed by atoms with van der Waals surface area (Å²) in [6.07, 6.45) is 4.31. The molecule has 0 radical (unpaired) electrons. The van der Waals surface area contributed by atoms with Crippen LogP contribution >= 0.6 is 0 Å². The molecule has 1 rings (SSSR count). The highest BCUT2D eigenvalue weighted by Crippen LogP contribution is 2.37. The third-order valence-corrected chi connectivity index (χ3v) is 3.71. The van der Waals surface area contributed by atoms with Crippen molar-refractivity contribution in [1.82, 2.24) is 0 Å². The second-order valence-electron chi connectivity index (χ2n) is 5.45. The number of benzene rings is 1. The molecule has 0 fully saturated rings. The van der Waals surface area contributed by atoms with E-state index in [-0.39, 0.29) is 5.57 Å². The van der Waals surface area contributed by atoms with Gasteiger partial charge in [-0.1, -0.05) is 56.8 Å². The van der Waals surface area contributed by atoms with Gasteiger partial charge in [-0.2, -0.15) is 5.26 Å². The summed E-state index contributed by atoms with van der Waals surface area (Å²) < 4.78 is 0. The summed E-state index contributed by atoms with van der Waals surface area (Å²) in [5.74, 6) is -0.436. The third kappa shape index (κ3) is 4.37. The van der Waals surface area contributed by atoms with E-state index in [2.05, 4.69) is 26.2 Å². The molecule has 0 aliphatic rings. The molecular formula is C20H24N2O. The highest BCUT2D eigenvalue weighted by Gasteiger charge is 2.25. The molecule has 120 valence electrons. The molecule has 1 aromatic carbocycles. The van der Waals surface area contributed by atoms with Crippen molar-refractivity contribution in [3.05, 3.63) is 77.2 Å². The van der Waals surface area contributed by atoms with Gasteiger partial charge in [-0.3, -0.25) is 0 Å². The number of hydrogen-bond donors (Lipinski definition) is 2. The van der Waals surface area contributed by atoms with Crippen LogP contribution in [0, 0.1) is 11.3 Å². The first-order chi connectivity index (χ1) is 11.0. The van der Waals surface area contributed by atoms with Crippen molar-refractivity contribution in [3.8, 4) is 6.07 Å². The molecule has 0 bridgehead atoms. The van der Waals surface area contributed by atoms with Gasteiger partial charge in [-0.25, -0.2) is 0 Å². The van der Waals surface area contributed by atoms with E-state index < -0.39 is 5.92 Å². The van der Waals surface area contributed by atoms with Gasteiger partial charge in [-0.05, 0) is 35.6 Å². The maximum atomic E-state index is 9.53. The lowest BCUT2D eigenvalue weighted by molar-refractivity contribution is 0.466. The Morgan fingerprint density at radius 2 is 2.17 bits per heavy atom. The first-order valence-electron chi connectivity index (χ1n) is 7.61. The van der Waals surface area contributed by atoms with Crippen molar-refractivity contribution in [3.63, 3.8) is 0 Å². The van der Waals surface area contributed by atoms with Crippen molar-refractivity contribution in [1.29, 1.82) is 5.26 Å². The number of aliphatic hydroxyl groups is 1. The van der Waals surface area contributed by atoms with Crippen molar-refractivity contribution in [2.24, 2.45) is 5.73 Å². The molecule has 0 saturated carbocycles. The fraction of sp³-hybridized carbons (Fsp3) is 0.250. The van der Waals surface area contributed by atoms with E-state index in [4.69, 9.17) is 5.73 Å². The van der Waals surface area contributed by atoms with Crippen LogP contribution in [0.25, 0.3) is 6.08 Å². The van der Waals surface area contributed by atoms with Crippen molar-refractivity contribution in [2.45, 2.75) is 32.6 Å². The molecule has 0 heterocycles. The first kappa shape index (κ1) is 18.3. The normalized spacial score (nSPS) is 13.7. The first-order valence-corrected chi connectivity index (χ1v) is 7.61. The van der Waals surface area contributed by atoms with Crippen LogP contribution in [0.3, 0.4) is 0 Å². The Kier molecular flexibility index (Phi) is 6.89. The van der Waals surface area contributed by atoms with Crippen LogP contribution in [0.2, 0.25) is 0 Å². The molecule has 0 aromatic heterocycles. The van der Waals surface area contributed by atoms with Gasteiger partial charge in [0.05, 0.1) is 17.9 Å². The summed E-state index contributed by atoms with van der Waals surface area (Å²) in [4.78, 5) is 0. The standard InChI is InChI=1S/C20H24N2O/c1-5-8-14(3)19(15(4)22)20(18(12-21)13-23)17-10-7-9-16(6-2)11-17/h6-7,9-11,13,20,23H,2-3,5,8,22H2,1,4H3/b18-13+,19-15-. The molecule has 0 amide bonds. The van der Waals surface area contributed by atoms with Gasteiger partial charge in [0.1, 0.15) is 0 Å². The van der Waals surface area contributed by atoms with E-state index in [9.17, 15) is 10.4 Å². The Morgan fingerprint density at radius 3 is 2.65 bits per heavy atom. The van der Waals surface area contributed by atoms with Gasteiger partial charge in [0.25, 0.3) is 0 Å². The summed E-state index contributed by atoms with van der Waals surface area (Å²) in [5, 5.41) is 19.0. The fourth-order valence-corrected chi connectivity index (χ4v) is 2.68. The van der Waals surface area contributed by atoms with Crippen LogP contribution < -0.4 is 5.73 Å². The summed E-state index contributed by atoms with van der Waals surface area (Å²) in [6.45, 7) is 11.8. The van der Waals surface area contributed by atoms with Gasteiger partial charge in [0.2, 0.25) is 0 Å². The number of nitrogens with two attached hydrogens (primary N) is 1. The van der Waals surface area contributed by atoms with Crippen LogP contribution in [-0.4, -0.2) is 5.11 Å². The Labute approximate surface area is 138 Å². The average Bonchev–Trinajstić information content (AvgIpc) is 2.54. The second kappa shape index (κ2) is 8.65. The number of allylic oxidation sites excluding steroid dienone is 4. The summed E-state index contributed by atoms with van der Waals surface area (Å²) in [5.41, 5.74) is 10.5. The molecule has 0 saturated heterocycles. The van der Waals surface area contributed by atoms with Gasteiger partial charge in [0.15, 0.2) is 0 Å². The smallest absolute Gasteiger partial charge is 0.0989 e. The molecule has 0 spiro atoms. The van der Waals surface area contributed by atoms with E-state index in [1.807, 2.05) is 24.3 Å². The second-order valence-corrected chi connectivity index (χ2v) is 5.45. The van der Waals surface area contributed by atoms with Gasteiger partial charge in [0, 0.05) is 11.6 Å². The molecule has 23 heavy (non-hydrogen) atoms. The lowest BCUT2D eigenvalue weighted by atomic mass is 9.80. The number of hydrogen-bond acceptors (Lipinski definition) is 3. The molecule has 1 aromatic rings. The van der Waals surface area contributed by atoms with Crippen LogP contribution in [0.1, 0.15) is 43.7 Å². The van der Waals surface area contributed by atoms with Gasteiger partial charge < -0.3 is 10.8 Å². The zero-order valence-electron chi connectivity index (χ0n) is 13.8. The predicted molar refractivity (Wildman–Crippen MR) is 96.5 cm³/mol. The summed E-state index contributed by atoms with van der Waals surface area (Å²) in [7, 11) is 0. The van der Waals surface area contributed by atoms with Crippen molar-refractivity contribution in [2.75, 3.05) is 0 Å². The highest BCUT2D eigenvalue weighted by molar-refractivity contribution is 5.55. The Balaban J connectivity index is 3.58. The minimum Gasteiger partial charge on any atom is -0.515 e. The Morgan fingerprint density at radius 1 is 1.48 bits per heavy atom. The minimum absolute atomic E-state index is 0.239. The number of nitriles is 1. The predicted octanol–water partition coefficient (Wildman–Crippen LogP) is 4.97. The highest BCUT2D eigenvalue weighted by atomic mass is 16.2. The largest absolute Gasteiger partial charge is 0.515 e. The topological polar surface area (TPSA) is 70.0 Å². The summed E-state index contributed by atoms with van der Waals surface area (Å²) in [6, 6.07) is 9.77. The molecule has 0 aliphatic heterocycles. The maximum Gasteiger partial charge on any atom is 0.0989 e. The molecule has 1 unspecified atom stereocenters. The third-order valence-electron chi connectivity index (χ3n) is 3.71. The fourth-order valence-electron chi connectivity index (χ4n) is 2.68. The number of nitrogens with zero attached hydrogens (tertiary/aromatic N) is 1. The zero-order valence-corrected chi connectivity index (χ0v) is 13.8. The molecule has 1 atom stereocenters. The van der Waals surface area contributed by atoms with Crippen LogP contribution in [0.5, 0.6) is 0 Å². The van der Waals surface area contributed by atoms with Gasteiger partial charge in [-0.15, -0.1) is 0 Å². The lowest BCUT2D eigenvalue weighted by Crippen LogP contribution is -2.13. The van der Waals surface area contributed by atoms with Gasteiger partial charge >= 0.3 is 0 Å². The summed E-state index contributed by atoms with van der Waals surface area (Å²) >= 11 is 0. The van der Waals surface area contributed by atoms with Crippen molar-refractivity contribution >= 4 is 6.08 Å². The van der Waals surface area contributed by atoms with E-state index in [0.717, 1.165) is 41.4 Å². The van der Waals surface area contributed by atoms with Crippen LogP contribution in [-0.2, 0) is 0 Å². The number of aliphatic hydroxyl groups excluding tert-OH is 1. The van der Waals surface area contributed by atoms with E-state index in [1.165, 1.54) is 0 Å². The van der Waals surface area contributed by atoms with E-state index >= 15 is 0 Å². The molecule has 3 nitrogen and oxygen atoms in total. The molecule has 3 N–H and O–H groups in total. The van der Waals surface area contributed by atoms with Crippen LogP contribution in [0.15, 0.2) is 66.1 Å². The Hall–Kier alpha value is -2.73. The maximum absolute atomic E-state index is 9.53. The monoisotopic (exact) mass is 308 g/mol. The lowest BCUT2D eigenvalue weighted by Gasteiger charge is -2.23. The average molecular weight is 308 g/mol. The zero-order chi connectivity index (χ0) is 17.4. The van der Waals surface area contributed by atoms with E-state index in [0.29, 0.717) is 5.70 Å². The van der Waals surface area contributed by atoms with E-state index in [1.54, 1.807) is 13.0 Å². The molecule has 0 aliphatic carbocycles. The quantitative estimate of drug-likeness (QED) is 0.424. The molecule has 3 heteroatoms. The SMILES string of the molecule is C=Cc1cccc(C(/C(C#N)=C/O)/C(C(=C)CCC)=C(/C)N)c1. The number of rotatable bonds is 7. The Bertz CT molecular complexity index is 686. The van der Waals surface area contributed by atoms with Crippen LogP contribution in [0.4, 0.5) is 0 Å².